The molecule has 0 bridgehead atoms. The molecule has 3 aromatic rings. The highest BCUT2D eigenvalue weighted by Gasteiger charge is 2.22. The van der Waals surface area contributed by atoms with Gasteiger partial charge in [-0.15, -0.1) is 0 Å². The van der Waals surface area contributed by atoms with E-state index >= 15 is 0 Å². The fourth-order valence-electron chi connectivity index (χ4n) is 2.95. The molecule has 9 heteroatoms. The molecule has 9 nitrogen and oxygen atoms in total. The van der Waals surface area contributed by atoms with E-state index in [4.69, 9.17) is 13.6 Å². The Morgan fingerprint density at radius 2 is 1.52 bits per heavy atom. The Kier molecular flexibility index (Phi) is 5.62. The van der Waals surface area contributed by atoms with Crippen LogP contribution in [0.1, 0.15) is 11.1 Å². The van der Waals surface area contributed by atoms with Gasteiger partial charge in [0.25, 0.3) is 0 Å². The van der Waals surface area contributed by atoms with Crippen LogP contribution in [0.5, 0.6) is 11.5 Å². The summed E-state index contributed by atoms with van der Waals surface area (Å²) in [7, 11) is 1.22. The SMILES string of the molecule is COc1c(CO)c(O)c2c(=O)c3ccccc3oc(=O)ccc(=O)oc2c1CO. The molecule has 1 aromatic heterocycles. The summed E-state index contributed by atoms with van der Waals surface area (Å²) in [6, 6.07) is 7.32. The topological polar surface area (TPSA) is 147 Å². The van der Waals surface area contributed by atoms with Crippen LogP contribution in [-0.4, -0.2) is 22.4 Å². The van der Waals surface area contributed by atoms with E-state index in [0.29, 0.717) is 0 Å². The van der Waals surface area contributed by atoms with E-state index in [9.17, 15) is 29.7 Å². The van der Waals surface area contributed by atoms with E-state index in [1.807, 2.05) is 0 Å². The third-order valence-corrected chi connectivity index (χ3v) is 4.22. The average molecular weight is 400 g/mol. The monoisotopic (exact) mass is 400 g/mol. The van der Waals surface area contributed by atoms with Crippen molar-refractivity contribution in [3.8, 4) is 11.5 Å². The first-order valence-electron chi connectivity index (χ1n) is 8.34. The van der Waals surface area contributed by atoms with Crippen molar-refractivity contribution in [1.82, 2.24) is 0 Å². The number of aromatic hydroxyl groups is 1. The number of para-hydroxylation sites is 1. The molecule has 3 rings (SSSR count). The largest absolute Gasteiger partial charge is 0.507 e. The van der Waals surface area contributed by atoms with Crippen molar-refractivity contribution >= 4 is 21.9 Å². The highest BCUT2D eigenvalue weighted by molar-refractivity contribution is 5.94. The number of ether oxygens (including phenoxy) is 1. The smallest absolute Gasteiger partial charge is 0.336 e. The van der Waals surface area contributed by atoms with E-state index in [-0.39, 0.29) is 27.8 Å². The molecule has 1 heterocycles. The first kappa shape index (κ1) is 20.1. The number of rotatable bonds is 3. The minimum atomic E-state index is -1.06. The summed E-state index contributed by atoms with van der Waals surface area (Å²) >= 11 is 0. The van der Waals surface area contributed by atoms with Gasteiger partial charge in [0.1, 0.15) is 22.5 Å². The van der Waals surface area contributed by atoms with E-state index in [1.54, 1.807) is 0 Å². The minimum absolute atomic E-state index is 0.110. The number of methoxy groups -OCH3 is 1. The number of hydrogen-bond donors (Lipinski definition) is 3. The van der Waals surface area contributed by atoms with Crippen molar-refractivity contribution in [3.05, 3.63) is 78.6 Å². The third kappa shape index (κ3) is 3.56. The number of aliphatic hydroxyl groups excluding tert-OH is 2. The van der Waals surface area contributed by atoms with Gasteiger partial charge in [0, 0.05) is 12.1 Å². The van der Waals surface area contributed by atoms with Crippen molar-refractivity contribution in [3.63, 3.8) is 0 Å². The van der Waals surface area contributed by atoms with E-state index in [2.05, 4.69) is 0 Å². The number of hydrogen-bond acceptors (Lipinski definition) is 9. The summed E-state index contributed by atoms with van der Waals surface area (Å²) < 4.78 is 15.4. The van der Waals surface area contributed by atoms with Crippen LogP contribution in [-0.2, 0) is 13.2 Å². The van der Waals surface area contributed by atoms with Crippen LogP contribution in [0.4, 0.5) is 0 Å². The van der Waals surface area contributed by atoms with Gasteiger partial charge in [-0.1, -0.05) is 12.1 Å². The van der Waals surface area contributed by atoms with Crippen LogP contribution in [0.3, 0.4) is 0 Å². The quantitative estimate of drug-likeness (QED) is 0.587. The van der Waals surface area contributed by atoms with Crippen LogP contribution >= 0.6 is 0 Å². The first-order valence-corrected chi connectivity index (χ1v) is 8.34. The van der Waals surface area contributed by atoms with Gasteiger partial charge < -0.3 is 28.9 Å². The zero-order valence-electron chi connectivity index (χ0n) is 15.2. The Morgan fingerprint density at radius 1 is 0.897 bits per heavy atom. The van der Waals surface area contributed by atoms with Crippen LogP contribution in [0, 0.1) is 0 Å². The number of fused-ring (bicyclic) bond motifs is 2. The summed E-state index contributed by atoms with van der Waals surface area (Å²) in [6.07, 6.45) is 0. The summed E-state index contributed by atoms with van der Waals surface area (Å²) in [5.41, 5.74) is -3.73. The fourth-order valence-corrected chi connectivity index (χ4v) is 2.95. The van der Waals surface area contributed by atoms with Crippen LogP contribution < -0.4 is 21.4 Å². The molecule has 0 fully saturated rings. The number of benzene rings is 2. The van der Waals surface area contributed by atoms with Gasteiger partial charge >= 0.3 is 11.3 Å². The average Bonchev–Trinajstić information content (AvgIpc) is 2.73. The summed E-state index contributed by atoms with van der Waals surface area (Å²) in [5, 5.41) is 29.6. The molecule has 29 heavy (non-hydrogen) atoms. The van der Waals surface area contributed by atoms with Crippen molar-refractivity contribution < 1.29 is 28.9 Å². The van der Waals surface area contributed by atoms with Gasteiger partial charge in [-0.2, -0.15) is 0 Å². The van der Waals surface area contributed by atoms with Gasteiger partial charge in [0.15, 0.2) is 5.58 Å². The first-order chi connectivity index (χ1) is 13.9. The molecule has 0 aliphatic rings. The van der Waals surface area contributed by atoms with Gasteiger partial charge in [-0.3, -0.25) is 4.79 Å². The fraction of sp³-hybridized carbons (Fsp3) is 0.150. The standard InChI is InChI=1S/C20H16O9/c1-27-19-11(8-21)18(26)16-17(25)10-4-2-3-5-13(10)28-14(23)6-7-15(24)29-20(16)12(19)9-22/h2-7,21-22,26H,8-9H2,1H3. The molecule has 0 spiro atoms. The molecular weight excluding hydrogens is 384 g/mol. The zero-order chi connectivity index (χ0) is 21.1. The van der Waals surface area contributed by atoms with E-state index < -0.39 is 46.6 Å². The Morgan fingerprint density at radius 3 is 2.14 bits per heavy atom. The van der Waals surface area contributed by atoms with Crippen molar-refractivity contribution in [2.75, 3.05) is 7.11 Å². The summed E-state index contributed by atoms with van der Waals surface area (Å²) in [6.45, 7) is -1.47. The van der Waals surface area contributed by atoms with E-state index in [0.717, 1.165) is 12.1 Å². The lowest BCUT2D eigenvalue weighted by atomic mass is 10.0. The molecule has 0 saturated carbocycles. The van der Waals surface area contributed by atoms with Gasteiger partial charge in [-0.05, 0) is 12.1 Å². The normalized spacial score (nSPS) is 10.7. The molecule has 150 valence electrons. The molecule has 0 aliphatic carbocycles. The lowest BCUT2D eigenvalue weighted by molar-refractivity contribution is 0.256. The Balaban J connectivity index is 2.85. The highest BCUT2D eigenvalue weighted by Crippen LogP contribution is 2.38. The molecule has 3 N–H and O–H groups in total. The second kappa shape index (κ2) is 8.13. The Labute approximate surface area is 162 Å². The second-order valence-corrected chi connectivity index (χ2v) is 5.86. The highest BCUT2D eigenvalue weighted by atomic mass is 16.5. The second-order valence-electron chi connectivity index (χ2n) is 5.86. The molecule has 2 aromatic carbocycles. The summed E-state index contributed by atoms with van der Waals surface area (Å²) in [5.74, 6) is -0.843. The number of phenols is 1. The van der Waals surface area contributed by atoms with Crippen LogP contribution in [0.25, 0.3) is 21.9 Å². The lowest BCUT2D eigenvalue weighted by Gasteiger charge is -2.14. The van der Waals surface area contributed by atoms with Crippen molar-refractivity contribution in [2.24, 2.45) is 0 Å². The minimum Gasteiger partial charge on any atom is -0.507 e. The van der Waals surface area contributed by atoms with Crippen molar-refractivity contribution in [1.29, 1.82) is 0 Å². The molecule has 0 aliphatic heterocycles. The lowest BCUT2D eigenvalue weighted by Crippen LogP contribution is -2.07. The molecule has 0 saturated heterocycles. The predicted molar refractivity (Wildman–Crippen MR) is 102 cm³/mol. The third-order valence-electron chi connectivity index (χ3n) is 4.22. The van der Waals surface area contributed by atoms with Gasteiger partial charge in [-0.25, -0.2) is 9.59 Å². The Bertz CT molecular complexity index is 1330. The summed E-state index contributed by atoms with van der Waals surface area (Å²) in [4.78, 5) is 37.3. The molecule has 0 amide bonds. The molecule has 0 atom stereocenters. The molecule has 0 unspecified atom stereocenters. The maximum Gasteiger partial charge on any atom is 0.336 e. The predicted octanol–water partition coefficient (Wildman–Crippen LogP) is 1.08. The maximum atomic E-state index is 13.3. The van der Waals surface area contributed by atoms with Gasteiger partial charge in [0.2, 0.25) is 5.43 Å². The van der Waals surface area contributed by atoms with Crippen LogP contribution in [0.2, 0.25) is 0 Å². The van der Waals surface area contributed by atoms with Crippen molar-refractivity contribution in [2.45, 2.75) is 13.2 Å². The van der Waals surface area contributed by atoms with Gasteiger partial charge in [0.05, 0.1) is 36.8 Å². The van der Waals surface area contributed by atoms with E-state index in [1.165, 1.54) is 31.4 Å². The molecular formula is C20H16O9. The Hall–Kier alpha value is -3.69. The maximum absolute atomic E-state index is 13.3. The van der Waals surface area contributed by atoms with Crippen LogP contribution in [0.15, 0.2) is 59.6 Å². The zero-order valence-corrected chi connectivity index (χ0v) is 15.2. The number of aliphatic hydroxyl groups is 2. The molecule has 0 radical (unpaired) electrons.